The lowest BCUT2D eigenvalue weighted by molar-refractivity contribution is 0.179. The summed E-state index contributed by atoms with van der Waals surface area (Å²) in [4.78, 5) is 2.72. The molecular formula is C12H24N2S. The van der Waals surface area contributed by atoms with Crippen molar-refractivity contribution >= 4 is 11.8 Å². The third kappa shape index (κ3) is 3.36. The van der Waals surface area contributed by atoms with Gasteiger partial charge in [-0.3, -0.25) is 4.90 Å². The van der Waals surface area contributed by atoms with Gasteiger partial charge in [-0.1, -0.05) is 6.42 Å². The number of thioether (sulfide) groups is 1. The Kier molecular flexibility index (Phi) is 3.97. The molecule has 2 nitrogen and oxygen atoms in total. The van der Waals surface area contributed by atoms with E-state index < -0.39 is 0 Å². The molecule has 0 bridgehead atoms. The van der Waals surface area contributed by atoms with Gasteiger partial charge in [0, 0.05) is 36.2 Å². The summed E-state index contributed by atoms with van der Waals surface area (Å²) in [5, 5.41) is 3.57. The topological polar surface area (TPSA) is 15.3 Å². The number of nitrogens with zero attached hydrogens (tertiary/aromatic N) is 1. The fourth-order valence-corrected chi connectivity index (χ4v) is 3.81. The molecule has 2 saturated heterocycles. The van der Waals surface area contributed by atoms with Crippen LogP contribution in [-0.4, -0.2) is 47.6 Å². The first kappa shape index (κ1) is 11.7. The van der Waals surface area contributed by atoms with Crippen molar-refractivity contribution in [3.05, 3.63) is 0 Å². The average Bonchev–Trinajstić information content (AvgIpc) is 2.44. The van der Waals surface area contributed by atoms with Crippen molar-refractivity contribution in [3.63, 3.8) is 0 Å². The Bertz CT molecular complexity index is 198. The van der Waals surface area contributed by atoms with E-state index in [1.165, 1.54) is 51.2 Å². The zero-order chi connectivity index (χ0) is 10.7. The molecule has 0 aromatic carbocycles. The average molecular weight is 228 g/mol. The Morgan fingerprint density at radius 3 is 3.00 bits per heavy atom. The molecular weight excluding hydrogens is 204 g/mol. The maximum Gasteiger partial charge on any atom is 0.0231 e. The fraction of sp³-hybridized carbons (Fsp3) is 1.00. The van der Waals surface area contributed by atoms with Gasteiger partial charge in [0.1, 0.15) is 0 Å². The molecule has 0 aromatic rings. The van der Waals surface area contributed by atoms with Crippen LogP contribution in [0.2, 0.25) is 0 Å². The molecule has 2 heterocycles. The van der Waals surface area contributed by atoms with Crippen LogP contribution in [0.25, 0.3) is 0 Å². The minimum Gasteiger partial charge on any atom is -0.315 e. The molecule has 0 amide bonds. The molecule has 0 radical (unpaired) electrons. The summed E-state index contributed by atoms with van der Waals surface area (Å²) in [7, 11) is 0. The van der Waals surface area contributed by atoms with E-state index in [2.05, 4.69) is 35.8 Å². The third-order valence-corrected chi connectivity index (χ3v) is 4.79. The minimum absolute atomic E-state index is 0.463. The Labute approximate surface area is 98.2 Å². The predicted octanol–water partition coefficient (Wildman–Crippen LogP) is 1.96. The van der Waals surface area contributed by atoms with Crippen LogP contribution in [0, 0.1) is 0 Å². The Balaban J connectivity index is 1.90. The van der Waals surface area contributed by atoms with Crippen LogP contribution in [0.15, 0.2) is 0 Å². The molecule has 15 heavy (non-hydrogen) atoms. The summed E-state index contributed by atoms with van der Waals surface area (Å²) in [5.41, 5.74) is 0. The number of rotatable bonds is 1. The van der Waals surface area contributed by atoms with Crippen molar-refractivity contribution in [1.82, 2.24) is 10.2 Å². The zero-order valence-electron chi connectivity index (χ0n) is 10.1. The summed E-state index contributed by atoms with van der Waals surface area (Å²) in [6, 6.07) is 0.799. The molecule has 0 saturated carbocycles. The van der Waals surface area contributed by atoms with Crippen LogP contribution in [-0.2, 0) is 0 Å². The standard InChI is InChI=1S/C12H24N2S/c1-12(2)10-14(7-8-15-12)11-5-3-4-6-13-9-11/h11,13H,3-10H2,1-2H3. The van der Waals surface area contributed by atoms with Gasteiger partial charge in [0.2, 0.25) is 0 Å². The molecule has 0 aliphatic carbocycles. The van der Waals surface area contributed by atoms with Gasteiger partial charge in [0.05, 0.1) is 0 Å². The van der Waals surface area contributed by atoms with E-state index in [4.69, 9.17) is 0 Å². The van der Waals surface area contributed by atoms with Gasteiger partial charge in [-0.05, 0) is 33.2 Å². The quantitative estimate of drug-likeness (QED) is 0.738. The maximum atomic E-state index is 3.57. The number of hydrogen-bond acceptors (Lipinski definition) is 3. The van der Waals surface area contributed by atoms with E-state index >= 15 is 0 Å². The fourth-order valence-electron chi connectivity index (χ4n) is 2.68. The van der Waals surface area contributed by atoms with Crippen LogP contribution < -0.4 is 5.32 Å². The van der Waals surface area contributed by atoms with Gasteiger partial charge >= 0.3 is 0 Å². The Hall–Kier alpha value is 0.270. The predicted molar refractivity (Wildman–Crippen MR) is 68.6 cm³/mol. The van der Waals surface area contributed by atoms with Gasteiger partial charge in [0.25, 0.3) is 0 Å². The first-order chi connectivity index (χ1) is 7.17. The molecule has 0 spiro atoms. The normalized spacial score (nSPS) is 33.6. The van der Waals surface area contributed by atoms with Gasteiger partial charge in [-0.2, -0.15) is 11.8 Å². The Morgan fingerprint density at radius 1 is 1.33 bits per heavy atom. The van der Waals surface area contributed by atoms with Gasteiger partial charge < -0.3 is 5.32 Å². The molecule has 1 unspecified atom stereocenters. The van der Waals surface area contributed by atoms with Gasteiger partial charge in [-0.15, -0.1) is 0 Å². The zero-order valence-corrected chi connectivity index (χ0v) is 10.9. The smallest absolute Gasteiger partial charge is 0.0231 e. The molecule has 1 N–H and O–H groups in total. The molecule has 1 atom stereocenters. The maximum absolute atomic E-state index is 3.57. The molecule has 3 heteroatoms. The van der Waals surface area contributed by atoms with E-state index in [0.29, 0.717) is 4.75 Å². The van der Waals surface area contributed by atoms with Crippen molar-refractivity contribution in [2.45, 2.75) is 43.9 Å². The molecule has 2 fully saturated rings. The number of hydrogen-bond donors (Lipinski definition) is 1. The third-order valence-electron chi connectivity index (χ3n) is 3.49. The highest BCUT2D eigenvalue weighted by atomic mass is 32.2. The lowest BCUT2D eigenvalue weighted by atomic mass is 10.1. The van der Waals surface area contributed by atoms with Crippen molar-refractivity contribution in [3.8, 4) is 0 Å². The highest BCUT2D eigenvalue weighted by molar-refractivity contribution is 8.00. The lowest BCUT2D eigenvalue weighted by Gasteiger charge is -2.41. The summed E-state index contributed by atoms with van der Waals surface area (Å²) in [5.74, 6) is 1.31. The second kappa shape index (κ2) is 5.07. The SMILES string of the molecule is CC1(C)CN(C2CCCCNC2)CCS1. The van der Waals surface area contributed by atoms with E-state index in [9.17, 15) is 0 Å². The van der Waals surface area contributed by atoms with Gasteiger partial charge in [0.15, 0.2) is 0 Å². The van der Waals surface area contributed by atoms with Crippen molar-refractivity contribution < 1.29 is 0 Å². The van der Waals surface area contributed by atoms with Crippen LogP contribution in [0.5, 0.6) is 0 Å². The second-order valence-corrected chi connectivity index (χ2v) is 7.23. The molecule has 0 aromatic heterocycles. The second-order valence-electron chi connectivity index (χ2n) is 5.43. The van der Waals surface area contributed by atoms with Crippen LogP contribution in [0.1, 0.15) is 33.1 Å². The largest absolute Gasteiger partial charge is 0.315 e. The Morgan fingerprint density at radius 2 is 2.20 bits per heavy atom. The van der Waals surface area contributed by atoms with E-state index in [1.807, 2.05) is 0 Å². The summed E-state index contributed by atoms with van der Waals surface area (Å²) >= 11 is 2.13. The highest BCUT2D eigenvalue weighted by Crippen LogP contribution is 2.31. The molecule has 2 rings (SSSR count). The van der Waals surface area contributed by atoms with Crippen molar-refractivity contribution in [1.29, 1.82) is 0 Å². The van der Waals surface area contributed by atoms with Crippen LogP contribution in [0.4, 0.5) is 0 Å². The summed E-state index contributed by atoms with van der Waals surface area (Å²) in [6.07, 6.45) is 4.16. The molecule has 88 valence electrons. The summed E-state index contributed by atoms with van der Waals surface area (Å²) in [6.45, 7) is 9.76. The molecule has 2 aliphatic rings. The summed E-state index contributed by atoms with van der Waals surface area (Å²) < 4.78 is 0.463. The highest BCUT2D eigenvalue weighted by Gasteiger charge is 2.30. The van der Waals surface area contributed by atoms with E-state index in [1.54, 1.807) is 0 Å². The monoisotopic (exact) mass is 228 g/mol. The minimum atomic E-state index is 0.463. The van der Waals surface area contributed by atoms with E-state index in [-0.39, 0.29) is 0 Å². The lowest BCUT2D eigenvalue weighted by Crippen LogP contribution is -2.50. The van der Waals surface area contributed by atoms with Gasteiger partial charge in [-0.25, -0.2) is 0 Å². The van der Waals surface area contributed by atoms with Crippen molar-refractivity contribution in [2.24, 2.45) is 0 Å². The first-order valence-corrected chi connectivity index (χ1v) is 7.25. The van der Waals surface area contributed by atoms with Crippen LogP contribution >= 0.6 is 11.8 Å². The number of nitrogens with one attached hydrogen (secondary N) is 1. The molecule has 2 aliphatic heterocycles. The van der Waals surface area contributed by atoms with E-state index in [0.717, 1.165) is 6.04 Å². The van der Waals surface area contributed by atoms with Crippen LogP contribution in [0.3, 0.4) is 0 Å². The van der Waals surface area contributed by atoms with Crippen molar-refractivity contribution in [2.75, 3.05) is 31.9 Å². The first-order valence-electron chi connectivity index (χ1n) is 6.26.